The average Bonchev–Trinajstić information content (AvgIpc) is 2.64. The molecule has 108 valence electrons. The average molecular weight is 290 g/mol. The lowest BCUT2D eigenvalue weighted by Gasteiger charge is -2.19. The summed E-state index contributed by atoms with van der Waals surface area (Å²) in [4.78, 5) is 13.1. The minimum absolute atomic E-state index is 0.182. The number of hydrogen-bond acceptors (Lipinski definition) is 5. The van der Waals surface area contributed by atoms with Crippen LogP contribution < -0.4 is 10.5 Å². The molecule has 0 bridgehead atoms. The van der Waals surface area contributed by atoms with Gasteiger partial charge in [0.25, 0.3) is 10.2 Å². The maximum atomic E-state index is 12.0. The minimum atomic E-state index is -3.44. The molecule has 2 heterocycles. The highest BCUT2D eigenvalue weighted by molar-refractivity contribution is 7.87. The van der Waals surface area contributed by atoms with Gasteiger partial charge in [0, 0.05) is 26.1 Å². The number of aromatic amines is 1. The minimum Gasteiger partial charge on any atom is -0.296 e. The molecule has 0 atom stereocenters. The van der Waals surface area contributed by atoms with Crippen molar-refractivity contribution in [3.63, 3.8) is 0 Å². The van der Waals surface area contributed by atoms with E-state index in [1.165, 1.54) is 4.31 Å². The van der Waals surface area contributed by atoms with Crippen molar-refractivity contribution in [2.75, 3.05) is 19.6 Å². The molecular formula is C10H18N4O4S. The largest absolute Gasteiger partial charge is 0.438 e. The maximum Gasteiger partial charge on any atom is 0.438 e. The number of hydrogen-bond donors (Lipinski definition) is 2. The van der Waals surface area contributed by atoms with Crippen molar-refractivity contribution in [3.05, 3.63) is 16.4 Å². The topological polar surface area (TPSA) is 108 Å². The molecule has 0 radical (unpaired) electrons. The second kappa shape index (κ2) is 6.31. The molecule has 0 saturated carbocycles. The van der Waals surface area contributed by atoms with E-state index in [9.17, 15) is 13.2 Å². The summed E-state index contributed by atoms with van der Waals surface area (Å²) in [6, 6.07) is 0. The Labute approximate surface area is 111 Å². The third kappa shape index (κ3) is 4.15. The Morgan fingerprint density at radius 3 is 2.53 bits per heavy atom. The van der Waals surface area contributed by atoms with Crippen LogP contribution in [0.1, 0.15) is 31.5 Å². The van der Waals surface area contributed by atoms with Crippen molar-refractivity contribution in [1.29, 1.82) is 0 Å². The molecule has 1 aliphatic rings. The van der Waals surface area contributed by atoms with E-state index < -0.39 is 16.0 Å². The first-order valence-electron chi connectivity index (χ1n) is 6.37. The van der Waals surface area contributed by atoms with Crippen molar-refractivity contribution in [2.45, 2.75) is 32.1 Å². The van der Waals surface area contributed by atoms with Crippen LogP contribution in [0.3, 0.4) is 0 Å². The van der Waals surface area contributed by atoms with E-state index >= 15 is 0 Å². The van der Waals surface area contributed by atoms with E-state index in [0.29, 0.717) is 25.3 Å². The van der Waals surface area contributed by atoms with Crippen LogP contribution in [0.15, 0.2) is 9.32 Å². The fraction of sp³-hybridized carbons (Fsp3) is 0.800. The highest BCUT2D eigenvalue weighted by Crippen LogP contribution is 2.12. The first-order chi connectivity index (χ1) is 9.08. The molecule has 1 aromatic heterocycles. The fourth-order valence-electron chi connectivity index (χ4n) is 2.04. The van der Waals surface area contributed by atoms with Gasteiger partial charge < -0.3 is 0 Å². The normalized spacial score (nSPS) is 18.3. The summed E-state index contributed by atoms with van der Waals surface area (Å²) >= 11 is 0. The quantitative estimate of drug-likeness (QED) is 0.768. The van der Waals surface area contributed by atoms with Gasteiger partial charge in [0.1, 0.15) is 0 Å². The van der Waals surface area contributed by atoms with E-state index in [-0.39, 0.29) is 6.54 Å². The first-order valence-corrected chi connectivity index (χ1v) is 7.81. The first kappa shape index (κ1) is 14.2. The second-order valence-electron chi connectivity index (χ2n) is 4.50. The highest BCUT2D eigenvalue weighted by atomic mass is 32.2. The molecule has 0 spiro atoms. The molecule has 0 aliphatic carbocycles. The summed E-state index contributed by atoms with van der Waals surface area (Å²) in [7, 11) is -3.44. The molecule has 0 unspecified atom stereocenters. The Kier molecular flexibility index (Phi) is 4.72. The molecule has 1 aromatic rings. The van der Waals surface area contributed by atoms with Crippen LogP contribution in [0.25, 0.3) is 0 Å². The van der Waals surface area contributed by atoms with E-state index in [4.69, 9.17) is 0 Å². The number of nitrogens with zero attached hydrogens (tertiary/aromatic N) is 2. The molecule has 19 heavy (non-hydrogen) atoms. The van der Waals surface area contributed by atoms with E-state index in [0.717, 1.165) is 25.7 Å². The van der Waals surface area contributed by atoms with Gasteiger partial charge in [-0.15, -0.1) is 0 Å². The summed E-state index contributed by atoms with van der Waals surface area (Å²) in [5.41, 5.74) is 0. The smallest absolute Gasteiger partial charge is 0.296 e. The number of H-pyrrole nitrogens is 1. The van der Waals surface area contributed by atoms with E-state index in [1.54, 1.807) is 0 Å². The van der Waals surface area contributed by atoms with Gasteiger partial charge >= 0.3 is 5.76 Å². The third-order valence-corrected chi connectivity index (χ3v) is 4.65. The number of nitrogens with one attached hydrogen (secondary N) is 2. The van der Waals surface area contributed by atoms with E-state index in [1.807, 2.05) is 0 Å². The zero-order valence-corrected chi connectivity index (χ0v) is 11.4. The van der Waals surface area contributed by atoms with Gasteiger partial charge in [-0.25, -0.2) is 9.52 Å². The molecule has 1 fully saturated rings. The SMILES string of the molecule is O=c1[nH]c(CCNS(=O)(=O)N2CCCCCC2)no1. The van der Waals surface area contributed by atoms with Crippen LogP contribution in [0, 0.1) is 0 Å². The lowest BCUT2D eigenvalue weighted by atomic mass is 10.2. The van der Waals surface area contributed by atoms with Gasteiger partial charge in [0.15, 0.2) is 5.82 Å². The van der Waals surface area contributed by atoms with Gasteiger partial charge in [-0.3, -0.25) is 9.51 Å². The van der Waals surface area contributed by atoms with E-state index in [2.05, 4.69) is 19.4 Å². The van der Waals surface area contributed by atoms with Crippen LogP contribution in [-0.4, -0.2) is 42.5 Å². The van der Waals surface area contributed by atoms with Crippen LogP contribution in [0.4, 0.5) is 0 Å². The lowest BCUT2D eigenvalue weighted by Crippen LogP contribution is -2.42. The predicted molar refractivity (Wildman–Crippen MR) is 67.8 cm³/mol. The van der Waals surface area contributed by atoms with Gasteiger partial charge in [0.05, 0.1) is 0 Å². The summed E-state index contributed by atoms with van der Waals surface area (Å²) in [5.74, 6) is -0.297. The Morgan fingerprint density at radius 2 is 1.95 bits per heavy atom. The zero-order chi connectivity index (χ0) is 13.7. The Morgan fingerprint density at radius 1 is 1.26 bits per heavy atom. The van der Waals surface area contributed by atoms with Crippen LogP contribution >= 0.6 is 0 Å². The van der Waals surface area contributed by atoms with Crippen LogP contribution in [0.5, 0.6) is 0 Å². The Hall–Kier alpha value is -1.19. The molecule has 1 aliphatic heterocycles. The second-order valence-corrected chi connectivity index (χ2v) is 6.26. The monoisotopic (exact) mass is 290 g/mol. The molecule has 2 N–H and O–H groups in total. The summed E-state index contributed by atoms with van der Waals surface area (Å²) < 4.78 is 32.4. The predicted octanol–water partition coefficient (Wildman–Crippen LogP) is -0.384. The van der Waals surface area contributed by atoms with Gasteiger partial charge in [-0.05, 0) is 12.8 Å². The van der Waals surface area contributed by atoms with Crippen molar-refractivity contribution < 1.29 is 12.9 Å². The molecule has 1 saturated heterocycles. The molecule has 9 heteroatoms. The molecule has 0 aromatic carbocycles. The third-order valence-electron chi connectivity index (χ3n) is 3.04. The van der Waals surface area contributed by atoms with Gasteiger partial charge in [-0.2, -0.15) is 12.7 Å². The van der Waals surface area contributed by atoms with Crippen molar-refractivity contribution in [2.24, 2.45) is 0 Å². The Bertz CT molecular complexity index is 542. The lowest BCUT2D eigenvalue weighted by molar-refractivity contribution is 0.380. The summed E-state index contributed by atoms with van der Waals surface area (Å²) in [6.45, 7) is 1.31. The zero-order valence-electron chi connectivity index (χ0n) is 10.6. The maximum absolute atomic E-state index is 12.0. The van der Waals surface area contributed by atoms with Gasteiger partial charge in [0.2, 0.25) is 0 Å². The van der Waals surface area contributed by atoms with Crippen LogP contribution in [-0.2, 0) is 16.6 Å². The van der Waals surface area contributed by atoms with Crippen molar-refractivity contribution >= 4 is 10.2 Å². The molecular weight excluding hydrogens is 272 g/mol. The summed E-state index contributed by atoms with van der Waals surface area (Å²) in [6.07, 6.45) is 4.24. The van der Waals surface area contributed by atoms with Gasteiger partial charge in [-0.1, -0.05) is 18.0 Å². The molecule has 2 rings (SSSR count). The molecule has 0 amide bonds. The fourth-order valence-corrected chi connectivity index (χ4v) is 3.32. The standard InChI is InChI=1S/C10H18N4O4S/c15-10-12-9(13-18-10)5-6-11-19(16,17)14-7-3-1-2-4-8-14/h11H,1-8H2,(H,12,13,15). The summed E-state index contributed by atoms with van der Waals surface area (Å²) in [5, 5.41) is 3.47. The number of rotatable bonds is 5. The Balaban J connectivity index is 1.84. The highest BCUT2D eigenvalue weighted by Gasteiger charge is 2.22. The van der Waals surface area contributed by atoms with Crippen molar-refractivity contribution in [1.82, 2.24) is 19.2 Å². The molecule has 8 nitrogen and oxygen atoms in total. The van der Waals surface area contributed by atoms with Crippen LogP contribution in [0.2, 0.25) is 0 Å². The van der Waals surface area contributed by atoms with Crippen molar-refractivity contribution in [3.8, 4) is 0 Å². The number of aromatic nitrogens is 2.